The Labute approximate surface area is 78.3 Å². The van der Waals surface area contributed by atoms with Crippen molar-refractivity contribution in [1.29, 1.82) is 0 Å². The van der Waals surface area contributed by atoms with Gasteiger partial charge in [-0.1, -0.05) is 13.8 Å². The molecule has 1 aliphatic carbocycles. The molecular formula is C10H16N2O. The van der Waals surface area contributed by atoms with Crippen LogP contribution in [0.25, 0.3) is 0 Å². The first-order valence-electron chi connectivity index (χ1n) is 4.93. The van der Waals surface area contributed by atoms with Gasteiger partial charge in [0.15, 0.2) is 5.89 Å². The van der Waals surface area contributed by atoms with Crippen molar-refractivity contribution in [2.75, 3.05) is 0 Å². The molecule has 0 saturated heterocycles. The first-order chi connectivity index (χ1) is 6.18. The van der Waals surface area contributed by atoms with Gasteiger partial charge in [-0.2, -0.15) is 0 Å². The third kappa shape index (κ3) is 1.48. The zero-order chi connectivity index (χ0) is 9.42. The van der Waals surface area contributed by atoms with E-state index in [4.69, 9.17) is 10.2 Å². The highest BCUT2D eigenvalue weighted by Crippen LogP contribution is 2.30. The molecule has 0 radical (unpaired) electrons. The Bertz CT molecular complexity index is 304. The smallest absolute Gasteiger partial charge is 0.197 e. The van der Waals surface area contributed by atoms with Crippen LogP contribution in [-0.2, 0) is 6.42 Å². The lowest BCUT2D eigenvalue weighted by atomic mass is 9.98. The molecule has 1 aromatic rings. The highest BCUT2D eigenvalue weighted by atomic mass is 16.4. The molecule has 2 rings (SSSR count). The number of rotatable bonds is 1. The van der Waals surface area contributed by atoms with Gasteiger partial charge >= 0.3 is 0 Å². The molecular weight excluding hydrogens is 164 g/mol. The van der Waals surface area contributed by atoms with Gasteiger partial charge in [-0.3, -0.25) is 0 Å². The summed E-state index contributed by atoms with van der Waals surface area (Å²) < 4.78 is 5.64. The van der Waals surface area contributed by atoms with E-state index in [-0.39, 0.29) is 6.04 Å². The van der Waals surface area contributed by atoms with E-state index in [9.17, 15) is 0 Å². The van der Waals surface area contributed by atoms with Crippen LogP contribution in [0.15, 0.2) is 4.42 Å². The molecule has 3 nitrogen and oxygen atoms in total. The lowest BCUT2D eigenvalue weighted by Gasteiger charge is -2.14. The maximum Gasteiger partial charge on any atom is 0.197 e. The lowest BCUT2D eigenvalue weighted by Crippen LogP contribution is -2.15. The second-order valence-electron chi connectivity index (χ2n) is 4.02. The molecule has 1 atom stereocenters. The van der Waals surface area contributed by atoms with Crippen molar-refractivity contribution < 1.29 is 4.42 Å². The molecule has 1 aromatic heterocycles. The number of nitrogens with two attached hydrogens (primary N) is 1. The minimum Gasteiger partial charge on any atom is -0.443 e. The van der Waals surface area contributed by atoms with Gasteiger partial charge in [0.2, 0.25) is 0 Å². The van der Waals surface area contributed by atoms with Gasteiger partial charge in [-0.25, -0.2) is 4.98 Å². The first-order valence-corrected chi connectivity index (χ1v) is 4.93. The Morgan fingerprint density at radius 3 is 2.92 bits per heavy atom. The van der Waals surface area contributed by atoms with Gasteiger partial charge < -0.3 is 10.2 Å². The van der Waals surface area contributed by atoms with E-state index < -0.39 is 0 Å². The number of hydrogen-bond acceptors (Lipinski definition) is 3. The highest BCUT2D eigenvalue weighted by Gasteiger charge is 2.24. The summed E-state index contributed by atoms with van der Waals surface area (Å²) in [6.07, 6.45) is 3.19. The average Bonchev–Trinajstić information content (AvgIpc) is 2.49. The largest absolute Gasteiger partial charge is 0.443 e. The van der Waals surface area contributed by atoms with Crippen molar-refractivity contribution in [2.24, 2.45) is 5.73 Å². The van der Waals surface area contributed by atoms with E-state index in [1.807, 2.05) is 0 Å². The van der Waals surface area contributed by atoms with Crippen LogP contribution in [0.2, 0.25) is 0 Å². The number of fused-ring (bicyclic) bond motifs is 1. The first kappa shape index (κ1) is 8.75. The molecule has 0 bridgehead atoms. The van der Waals surface area contributed by atoms with Crippen LogP contribution in [0.5, 0.6) is 0 Å². The number of hydrogen-bond donors (Lipinski definition) is 1. The van der Waals surface area contributed by atoms with Crippen LogP contribution in [0, 0.1) is 0 Å². The van der Waals surface area contributed by atoms with Crippen LogP contribution >= 0.6 is 0 Å². The number of nitrogens with zero attached hydrogens (tertiary/aromatic N) is 1. The summed E-state index contributed by atoms with van der Waals surface area (Å²) in [5, 5.41) is 0. The summed E-state index contributed by atoms with van der Waals surface area (Å²) in [6, 6.07) is 0.0729. The van der Waals surface area contributed by atoms with Gasteiger partial charge in [0.25, 0.3) is 0 Å². The third-order valence-corrected chi connectivity index (χ3v) is 2.50. The van der Waals surface area contributed by atoms with E-state index in [1.54, 1.807) is 0 Å². The molecule has 0 amide bonds. The van der Waals surface area contributed by atoms with E-state index >= 15 is 0 Å². The third-order valence-electron chi connectivity index (χ3n) is 2.50. The Morgan fingerprint density at radius 2 is 2.31 bits per heavy atom. The predicted octanol–water partition coefficient (Wildman–Crippen LogP) is 2.13. The summed E-state index contributed by atoms with van der Waals surface area (Å²) in [6.45, 7) is 4.17. The molecule has 13 heavy (non-hydrogen) atoms. The normalized spacial score (nSPS) is 22.0. The fourth-order valence-electron chi connectivity index (χ4n) is 1.72. The summed E-state index contributed by atoms with van der Waals surface area (Å²) in [5.74, 6) is 2.12. The Hall–Kier alpha value is -0.830. The average molecular weight is 180 g/mol. The molecule has 0 aliphatic heterocycles. The van der Waals surface area contributed by atoms with E-state index in [0.717, 1.165) is 36.6 Å². The molecule has 0 spiro atoms. The number of aromatic nitrogens is 1. The number of oxazole rings is 1. The minimum absolute atomic E-state index is 0.0729. The topological polar surface area (TPSA) is 52.0 Å². The van der Waals surface area contributed by atoms with Gasteiger partial charge in [0, 0.05) is 5.92 Å². The highest BCUT2D eigenvalue weighted by molar-refractivity contribution is 5.17. The zero-order valence-electron chi connectivity index (χ0n) is 8.21. The van der Waals surface area contributed by atoms with Crippen molar-refractivity contribution in [3.05, 3.63) is 17.3 Å². The van der Waals surface area contributed by atoms with Crippen molar-refractivity contribution in [1.82, 2.24) is 4.98 Å². The van der Waals surface area contributed by atoms with E-state index in [1.165, 1.54) is 0 Å². The lowest BCUT2D eigenvalue weighted by molar-refractivity contribution is 0.388. The van der Waals surface area contributed by atoms with Crippen molar-refractivity contribution in [3.8, 4) is 0 Å². The fraction of sp³-hybridized carbons (Fsp3) is 0.700. The van der Waals surface area contributed by atoms with Crippen molar-refractivity contribution in [2.45, 2.75) is 45.1 Å². The second-order valence-corrected chi connectivity index (χ2v) is 4.02. The molecule has 0 saturated carbocycles. The fourth-order valence-corrected chi connectivity index (χ4v) is 1.72. The molecule has 2 N–H and O–H groups in total. The van der Waals surface area contributed by atoms with Crippen molar-refractivity contribution in [3.63, 3.8) is 0 Å². The van der Waals surface area contributed by atoms with Gasteiger partial charge in [0.05, 0.1) is 11.7 Å². The molecule has 1 aliphatic rings. The number of aryl methyl sites for hydroxylation is 1. The Morgan fingerprint density at radius 1 is 1.54 bits per heavy atom. The molecule has 72 valence electrons. The summed E-state index contributed by atoms with van der Waals surface area (Å²) in [4.78, 5) is 4.45. The molecule has 1 unspecified atom stereocenters. The van der Waals surface area contributed by atoms with Crippen LogP contribution in [0.1, 0.15) is 56.0 Å². The summed E-state index contributed by atoms with van der Waals surface area (Å²) in [5.41, 5.74) is 7.01. The molecule has 1 heterocycles. The van der Waals surface area contributed by atoms with Crippen LogP contribution < -0.4 is 5.73 Å². The standard InChI is InChI=1S/C10H16N2O/c1-6(2)10-12-8-5-3-4-7(11)9(8)13-10/h6-7H,3-5,11H2,1-2H3. The molecule has 3 heteroatoms. The summed E-state index contributed by atoms with van der Waals surface area (Å²) in [7, 11) is 0. The minimum atomic E-state index is 0.0729. The SMILES string of the molecule is CC(C)c1nc2c(o1)C(N)CCC2. The van der Waals surface area contributed by atoms with Gasteiger partial charge in [-0.05, 0) is 19.3 Å². The van der Waals surface area contributed by atoms with Crippen LogP contribution in [-0.4, -0.2) is 4.98 Å². The van der Waals surface area contributed by atoms with Crippen LogP contribution in [0.4, 0.5) is 0 Å². The zero-order valence-corrected chi connectivity index (χ0v) is 8.21. The quantitative estimate of drug-likeness (QED) is 0.720. The molecule has 0 fully saturated rings. The Kier molecular flexibility index (Phi) is 2.12. The maximum atomic E-state index is 5.93. The second kappa shape index (κ2) is 3.14. The molecule has 0 aromatic carbocycles. The monoisotopic (exact) mass is 180 g/mol. The summed E-state index contributed by atoms with van der Waals surface area (Å²) >= 11 is 0. The van der Waals surface area contributed by atoms with Gasteiger partial charge in [0.1, 0.15) is 5.76 Å². The van der Waals surface area contributed by atoms with E-state index in [0.29, 0.717) is 5.92 Å². The van der Waals surface area contributed by atoms with Gasteiger partial charge in [-0.15, -0.1) is 0 Å². The Balaban J connectivity index is 2.36. The predicted molar refractivity (Wildman–Crippen MR) is 50.5 cm³/mol. The van der Waals surface area contributed by atoms with E-state index in [2.05, 4.69) is 18.8 Å². The van der Waals surface area contributed by atoms with Crippen molar-refractivity contribution >= 4 is 0 Å². The maximum absolute atomic E-state index is 5.93. The van der Waals surface area contributed by atoms with Crippen LogP contribution in [0.3, 0.4) is 0 Å².